The molecule has 1 aromatic carbocycles. The summed E-state index contributed by atoms with van der Waals surface area (Å²) in [5.41, 5.74) is 3.98. The summed E-state index contributed by atoms with van der Waals surface area (Å²) in [6.45, 7) is 4.14. The molecule has 0 bridgehead atoms. The van der Waals surface area contributed by atoms with Gasteiger partial charge in [-0.25, -0.2) is 0 Å². The van der Waals surface area contributed by atoms with Crippen molar-refractivity contribution in [3.05, 3.63) is 57.8 Å². The van der Waals surface area contributed by atoms with Crippen LogP contribution in [0, 0.1) is 0 Å². The summed E-state index contributed by atoms with van der Waals surface area (Å²) in [7, 11) is 1.90. The minimum absolute atomic E-state index is 0.502. The minimum Gasteiger partial charge on any atom is -0.392 e. The van der Waals surface area contributed by atoms with Gasteiger partial charge in [-0.15, -0.1) is 0 Å². The van der Waals surface area contributed by atoms with E-state index in [0.29, 0.717) is 10.6 Å². The Morgan fingerprint density at radius 1 is 1.42 bits per heavy atom. The number of carbonyl (C=O) groups excluding carboxylic acids is 1. The average molecular weight is 278 g/mol. The number of aldehydes is 1. The quantitative estimate of drug-likeness (QED) is 0.625. The molecule has 0 spiro atoms. The SMILES string of the molecule is CC/C=C(\C=C(/C)NC)Cc1ccc(Cl)c(C=O)c1. The molecular weight excluding hydrogens is 258 g/mol. The molecule has 0 fully saturated rings. The van der Waals surface area contributed by atoms with E-state index in [4.69, 9.17) is 11.6 Å². The fourth-order valence-corrected chi connectivity index (χ4v) is 1.99. The Hall–Kier alpha value is -1.54. The van der Waals surface area contributed by atoms with Gasteiger partial charge in [0.15, 0.2) is 6.29 Å². The lowest BCUT2D eigenvalue weighted by Crippen LogP contribution is -2.02. The van der Waals surface area contributed by atoms with Crippen LogP contribution in [0.15, 0.2) is 41.6 Å². The highest BCUT2D eigenvalue weighted by atomic mass is 35.5. The summed E-state index contributed by atoms with van der Waals surface area (Å²) in [5.74, 6) is 0. The van der Waals surface area contributed by atoms with Crippen LogP contribution >= 0.6 is 11.6 Å². The lowest BCUT2D eigenvalue weighted by Gasteiger charge is -2.07. The van der Waals surface area contributed by atoms with Crippen LogP contribution in [0.1, 0.15) is 36.2 Å². The molecule has 3 heteroatoms. The van der Waals surface area contributed by atoms with E-state index in [-0.39, 0.29) is 0 Å². The van der Waals surface area contributed by atoms with Crippen molar-refractivity contribution in [2.45, 2.75) is 26.7 Å². The van der Waals surface area contributed by atoms with Gasteiger partial charge in [0.2, 0.25) is 0 Å². The third kappa shape index (κ3) is 4.92. The van der Waals surface area contributed by atoms with Gasteiger partial charge in [0, 0.05) is 18.3 Å². The molecule has 0 aliphatic heterocycles. The number of carbonyl (C=O) groups is 1. The second kappa shape index (κ2) is 7.80. The van der Waals surface area contributed by atoms with Crippen LogP contribution in [0.25, 0.3) is 0 Å². The second-order valence-electron chi connectivity index (χ2n) is 4.42. The second-order valence-corrected chi connectivity index (χ2v) is 4.82. The zero-order valence-corrected chi connectivity index (χ0v) is 12.4. The first-order chi connectivity index (χ1) is 9.10. The molecule has 1 N–H and O–H groups in total. The van der Waals surface area contributed by atoms with Crippen LogP contribution in [0.2, 0.25) is 5.02 Å². The molecule has 0 aliphatic rings. The van der Waals surface area contributed by atoms with Crippen LogP contribution < -0.4 is 5.32 Å². The Bertz CT molecular complexity index is 503. The van der Waals surface area contributed by atoms with Crippen molar-refractivity contribution in [3.63, 3.8) is 0 Å². The molecule has 0 aromatic heterocycles. The lowest BCUT2D eigenvalue weighted by atomic mass is 10.0. The highest BCUT2D eigenvalue weighted by Crippen LogP contribution is 2.19. The van der Waals surface area contributed by atoms with E-state index < -0.39 is 0 Å². The predicted molar refractivity (Wildman–Crippen MR) is 81.7 cm³/mol. The van der Waals surface area contributed by atoms with E-state index in [0.717, 1.165) is 30.4 Å². The van der Waals surface area contributed by atoms with Crippen LogP contribution in [-0.4, -0.2) is 13.3 Å². The molecule has 0 radical (unpaired) electrons. The van der Waals surface area contributed by atoms with E-state index in [1.807, 2.05) is 26.1 Å². The molecule has 0 aliphatic carbocycles. The Kier molecular flexibility index (Phi) is 6.37. The predicted octanol–water partition coefficient (Wildman–Crippen LogP) is 4.15. The topological polar surface area (TPSA) is 29.1 Å². The maximum absolute atomic E-state index is 10.9. The molecule has 1 aromatic rings. The van der Waals surface area contributed by atoms with E-state index >= 15 is 0 Å². The molecule has 0 unspecified atom stereocenters. The zero-order chi connectivity index (χ0) is 14.3. The third-order valence-corrected chi connectivity index (χ3v) is 3.20. The first-order valence-electron chi connectivity index (χ1n) is 6.39. The average Bonchev–Trinajstić information content (AvgIpc) is 2.41. The summed E-state index contributed by atoms with van der Waals surface area (Å²) >= 11 is 5.93. The van der Waals surface area contributed by atoms with E-state index in [9.17, 15) is 4.79 Å². The van der Waals surface area contributed by atoms with E-state index in [1.165, 1.54) is 5.57 Å². The first-order valence-corrected chi connectivity index (χ1v) is 6.77. The number of hydrogen-bond acceptors (Lipinski definition) is 2. The molecule has 0 heterocycles. The van der Waals surface area contributed by atoms with Gasteiger partial charge in [0.1, 0.15) is 0 Å². The number of nitrogens with one attached hydrogen (secondary N) is 1. The summed E-state index contributed by atoms with van der Waals surface area (Å²) in [4.78, 5) is 10.9. The zero-order valence-electron chi connectivity index (χ0n) is 11.7. The number of hydrogen-bond donors (Lipinski definition) is 1. The van der Waals surface area contributed by atoms with Crippen LogP contribution in [-0.2, 0) is 6.42 Å². The van der Waals surface area contributed by atoms with Crippen molar-refractivity contribution in [2.75, 3.05) is 7.05 Å². The minimum atomic E-state index is 0.502. The fraction of sp³-hybridized carbons (Fsp3) is 0.312. The van der Waals surface area contributed by atoms with Crippen molar-refractivity contribution in [3.8, 4) is 0 Å². The smallest absolute Gasteiger partial charge is 0.151 e. The Labute approximate surface area is 120 Å². The molecule has 0 saturated heterocycles. The van der Waals surface area contributed by atoms with Gasteiger partial charge >= 0.3 is 0 Å². The number of allylic oxidation sites excluding steroid dienone is 4. The van der Waals surface area contributed by atoms with E-state index in [2.05, 4.69) is 24.4 Å². The number of halogens is 1. The van der Waals surface area contributed by atoms with Gasteiger partial charge in [0.25, 0.3) is 0 Å². The first kappa shape index (κ1) is 15.5. The highest BCUT2D eigenvalue weighted by Gasteiger charge is 2.03. The summed E-state index contributed by atoms with van der Waals surface area (Å²) in [6.07, 6.45) is 6.89. The fourth-order valence-electron chi connectivity index (χ4n) is 1.82. The van der Waals surface area contributed by atoms with Gasteiger partial charge in [-0.1, -0.05) is 30.7 Å². The number of rotatable bonds is 6. The maximum Gasteiger partial charge on any atom is 0.151 e. The van der Waals surface area contributed by atoms with Crippen LogP contribution in [0.4, 0.5) is 0 Å². The Morgan fingerprint density at radius 3 is 2.74 bits per heavy atom. The molecule has 0 amide bonds. The lowest BCUT2D eigenvalue weighted by molar-refractivity contribution is 0.112. The van der Waals surface area contributed by atoms with Crippen molar-refractivity contribution in [2.24, 2.45) is 0 Å². The van der Waals surface area contributed by atoms with Crippen molar-refractivity contribution in [1.29, 1.82) is 0 Å². The standard InChI is InChI=1S/C16H20ClNO/c1-4-5-13(8-12(2)18-3)9-14-6-7-16(17)15(10-14)11-19/h5-8,10-11,18H,4,9H2,1-3H3/b12-8+,13-5+. The molecule has 0 atom stereocenters. The normalized spacial score (nSPS) is 12.4. The van der Waals surface area contributed by atoms with Crippen LogP contribution in [0.5, 0.6) is 0 Å². The van der Waals surface area contributed by atoms with Crippen molar-refractivity contribution < 1.29 is 4.79 Å². The molecule has 19 heavy (non-hydrogen) atoms. The molecular formula is C16H20ClNO. The maximum atomic E-state index is 10.9. The van der Waals surface area contributed by atoms with Gasteiger partial charge in [-0.2, -0.15) is 0 Å². The van der Waals surface area contributed by atoms with E-state index in [1.54, 1.807) is 6.07 Å². The monoisotopic (exact) mass is 277 g/mol. The summed E-state index contributed by atoms with van der Waals surface area (Å²) in [5, 5.41) is 3.62. The van der Waals surface area contributed by atoms with Crippen LogP contribution in [0.3, 0.4) is 0 Å². The largest absolute Gasteiger partial charge is 0.392 e. The molecule has 102 valence electrons. The third-order valence-electron chi connectivity index (χ3n) is 2.86. The van der Waals surface area contributed by atoms with Gasteiger partial charge in [-0.05, 0) is 49.1 Å². The molecule has 0 saturated carbocycles. The summed E-state index contributed by atoms with van der Waals surface area (Å²) < 4.78 is 0. The Balaban J connectivity index is 2.97. The van der Waals surface area contributed by atoms with Gasteiger partial charge in [0.05, 0.1) is 5.02 Å². The number of benzene rings is 1. The van der Waals surface area contributed by atoms with Gasteiger partial charge in [-0.3, -0.25) is 4.79 Å². The Morgan fingerprint density at radius 2 is 2.16 bits per heavy atom. The highest BCUT2D eigenvalue weighted by molar-refractivity contribution is 6.32. The van der Waals surface area contributed by atoms with Crippen molar-refractivity contribution in [1.82, 2.24) is 5.32 Å². The molecule has 2 nitrogen and oxygen atoms in total. The molecule has 1 rings (SSSR count). The van der Waals surface area contributed by atoms with Gasteiger partial charge < -0.3 is 5.32 Å². The summed E-state index contributed by atoms with van der Waals surface area (Å²) in [6, 6.07) is 5.58. The van der Waals surface area contributed by atoms with Crippen molar-refractivity contribution >= 4 is 17.9 Å².